The molecule has 8 nitrogen and oxygen atoms in total. The Balaban J connectivity index is 1.23. The van der Waals surface area contributed by atoms with Gasteiger partial charge in [0.1, 0.15) is 5.76 Å². The van der Waals surface area contributed by atoms with Crippen LogP contribution in [0, 0.1) is 6.92 Å². The molecule has 0 spiro atoms. The highest BCUT2D eigenvalue weighted by Gasteiger charge is 2.27. The maximum Gasteiger partial charge on any atom is 0.279 e. The minimum atomic E-state index is -0.334. The molecule has 31 heavy (non-hydrogen) atoms. The van der Waals surface area contributed by atoms with Crippen LogP contribution in [0.15, 0.2) is 34.9 Å². The van der Waals surface area contributed by atoms with Crippen molar-refractivity contribution in [2.24, 2.45) is 0 Å². The quantitative estimate of drug-likeness (QED) is 0.675. The number of carbonyl (C=O) groups excluding carboxylic acids is 2. The first-order chi connectivity index (χ1) is 15.1. The summed E-state index contributed by atoms with van der Waals surface area (Å²) in [6.07, 6.45) is 2.78. The summed E-state index contributed by atoms with van der Waals surface area (Å²) in [7, 11) is 0. The Morgan fingerprint density at radius 2 is 2.10 bits per heavy atom. The van der Waals surface area contributed by atoms with Crippen molar-refractivity contribution in [3.05, 3.63) is 57.9 Å². The molecule has 2 aliphatic rings. The number of para-hydroxylation sites is 1. The normalized spacial score (nSPS) is 16.0. The number of rotatable bonds is 4. The highest BCUT2D eigenvalue weighted by Crippen LogP contribution is 2.30. The molecule has 0 unspecified atom stereocenters. The van der Waals surface area contributed by atoms with Crippen LogP contribution in [-0.2, 0) is 24.2 Å². The lowest BCUT2D eigenvalue weighted by molar-refractivity contribution is -0.120. The van der Waals surface area contributed by atoms with Crippen LogP contribution in [0.25, 0.3) is 0 Å². The van der Waals surface area contributed by atoms with E-state index in [4.69, 9.17) is 4.52 Å². The minimum Gasteiger partial charge on any atom is -0.361 e. The Morgan fingerprint density at radius 1 is 1.23 bits per heavy atom. The standard InChI is InChI=1S/C22H23N5O3S/c1-14-11-17(25-30-14)21(29)24-22-23-16-8-10-26(12-19(16)31-22)13-20(28)27-9-4-6-15-5-2-3-7-18(15)27/h2-3,5,7,11H,4,6,8-10,12-13H2,1H3,(H,23,24,29). The van der Waals surface area contributed by atoms with Crippen molar-refractivity contribution in [1.82, 2.24) is 15.0 Å². The maximum atomic E-state index is 13.0. The Bertz CT molecular complexity index is 1140. The molecule has 0 saturated heterocycles. The van der Waals surface area contributed by atoms with Crippen LogP contribution in [0.4, 0.5) is 10.8 Å². The van der Waals surface area contributed by atoms with E-state index in [9.17, 15) is 9.59 Å². The first-order valence-corrected chi connectivity index (χ1v) is 11.2. The summed E-state index contributed by atoms with van der Waals surface area (Å²) < 4.78 is 4.96. The lowest BCUT2D eigenvalue weighted by Gasteiger charge is -2.32. The van der Waals surface area contributed by atoms with Gasteiger partial charge in [-0.3, -0.25) is 19.8 Å². The molecule has 0 saturated carbocycles. The van der Waals surface area contributed by atoms with Gasteiger partial charge < -0.3 is 9.42 Å². The van der Waals surface area contributed by atoms with E-state index in [1.807, 2.05) is 23.1 Å². The number of hydrogen-bond acceptors (Lipinski definition) is 7. The number of amides is 2. The third-order valence-electron chi connectivity index (χ3n) is 5.66. The number of hydrogen-bond donors (Lipinski definition) is 1. The van der Waals surface area contributed by atoms with Gasteiger partial charge in [-0.2, -0.15) is 0 Å². The van der Waals surface area contributed by atoms with E-state index in [2.05, 4.69) is 26.4 Å². The molecule has 1 aromatic carbocycles. The molecule has 0 aliphatic carbocycles. The van der Waals surface area contributed by atoms with E-state index in [1.165, 1.54) is 16.9 Å². The molecule has 160 valence electrons. The number of thiazole rings is 1. The third-order valence-corrected chi connectivity index (χ3v) is 6.66. The molecule has 2 aliphatic heterocycles. The van der Waals surface area contributed by atoms with E-state index in [0.29, 0.717) is 24.0 Å². The molecular formula is C22H23N5O3S. The number of nitrogens with one attached hydrogen (secondary N) is 1. The van der Waals surface area contributed by atoms with Crippen molar-refractivity contribution >= 4 is 34.0 Å². The summed E-state index contributed by atoms with van der Waals surface area (Å²) in [5.74, 6) is 0.383. The minimum absolute atomic E-state index is 0.134. The average Bonchev–Trinajstić information content (AvgIpc) is 3.38. The molecule has 9 heteroatoms. The van der Waals surface area contributed by atoms with Gasteiger partial charge in [-0.25, -0.2) is 4.98 Å². The van der Waals surface area contributed by atoms with Gasteiger partial charge in [-0.05, 0) is 31.4 Å². The van der Waals surface area contributed by atoms with Gasteiger partial charge in [0.05, 0.1) is 12.2 Å². The summed E-state index contributed by atoms with van der Waals surface area (Å²) in [6.45, 7) is 4.32. The summed E-state index contributed by atoms with van der Waals surface area (Å²) in [4.78, 5) is 35.1. The van der Waals surface area contributed by atoms with Gasteiger partial charge in [0.25, 0.3) is 5.91 Å². The number of benzene rings is 1. The predicted octanol–water partition coefficient (Wildman–Crippen LogP) is 3.03. The Morgan fingerprint density at radius 3 is 2.94 bits per heavy atom. The van der Waals surface area contributed by atoms with Gasteiger partial charge in [-0.15, -0.1) is 11.3 Å². The number of aromatic nitrogens is 2. The van der Waals surface area contributed by atoms with E-state index < -0.39 is 0 Å². The van der Waals surface area contributed by atoms with Gasteiger partial charge >= 0.3 is 0 Å². The molecule has 1 N–H and O–H groups in total. The number of fused-ring (bicyclic) bond motifs is 2. The highest BCUT2D eigenvalue weighted by molar-refractivity contribution is 7.15. The second kappa shape index (κ2) is 8.24. The number of carbonyl (C=O) groups is 2. The van der Waals surface area contributed by atoms with Gasteiger partial charge in [0.2, 0.25) is 5.91 Å². The fourth-order valence-corrected chi connectivity index (χ4v) is 5.19. The van der Waals surface area contributed by atoms with Crippen molar-refractivity contribution < 1.29 is 14.1 Å². The van der Waals surface area contributed by atoms with Crippen molar-refractivity contribution in [2.45, 2.75) is 32.7 Å². The van der Waals surface area contributed by atoms with Crippen LogP contribution in [0.2, 0.25) is 0 Å². The molecular weight excluding hydrogens is 414 g/mol. The zero-order valence-electron chi connectivity index (χ0n) is 17.3. The molecule has 5 rings (SSSR count). The summed E-state index contributed by atoms with van der Waals surface area (Å²) >= 11 is 1.45. The number of nitrogens with zero attached hydrogens (tertiary/aromatic N) is 4. The monoisotopic (exact) mass is 437 g/mol. The molecule has 0 radical (unpaired) electrons. The van der Waals surface area contributed by atoms with E-state index in [1.54, 1.807) is 13.0 Å². The Labute approximate surface area is 183 Å². The van der Waals surface area contributed by atoms with Crippen LogP contribution in [-0.4, -0.2) is 46.5 Å². The molecule has 3 aromatic rings. The van der Waals surface area contributed by atoms with Crippen LogP contribution in [0.3, 0.4) is 0 Å². The van der Waals surface area contributed by atoms with E-state index in [0.717, 1.165) is 48.6 Å². The zero-order valence-corrected chi connectivity index (χ0v) is 18.1. The molecule has 0 fully saturated rings. The fourth-order valence-electron chi connectivity index (χ4n) is 4.14. The van der Waals surface area contributed by atoms with Gasteiger partial charge in [-0.1, -0.05) is 23.4 Å². The third kappa shape index (κ3) is 4.11. The molecule has 4 heterocycles. The number of aryl methyl sites for hydroxylation is 2. The maximum absolute atomic E-state index is 13.0. The van der Waals surface area contributed by atoms with Gasteiger partial charge in [0.15, 0.2) is 10.8 Å². The molecule has 2 amide bonds. The Hall–Kier alpha value is -3.04. The predicted molar refractivity (Wildman–Crippen MR) is 117 cm³/mol. The van der Waals surface area contributed by atoms with E-state index in [-0.39, 0.29) is 17.5 Å². The molecule has 0 bridgehead atoms. The van der Waals surface area contributed by atoms with Crippen molar-refractivity contribution in [1.29, 1.82) is 0 Å². The van der Waals surface area contributed by atoms with Crippen LogP contribution in [0.5, 0.6) is 0 Å². The number of anilines is 2. The van der Waals surface area contributed by atoms with Crippen LogP contribution in [0.1, 0.15) is 38.8 Å². The Kier molecular flexibility index (Phi) is 5.29. The lowest BCUT2D eigenvalue weighted by atomic mass is 10.0. The first kappa shape index (κ1) is 19.9. The van der Waals surface area contributed by atoms with Crippen molar-refractivity contribution in [2.75, 3.05) is 29.9 Å². The second-order valence-corrected chi connectivity index (χ2v) is 8.99. The van der Waals surface area contributed by atoms with Crippen LogP contribution >= 0.6 is 11.3 Å². The lowest BCUT2D eigenvalue weighted by Crippen LogP contribution is -2.44. The average molecular weight is 438 g/mol. The second-order valence-electron chi connectivity index (χ2n) is 7.90. The summed E-state index contributed by atoms with van der Waals surface area (Å²) in [6, 6.07) is 9.76. The summed E-state index contributed by atoms with van der Waals surface area (Å²) in [5, 5.41) is 7.09. The zero-order chi connectivity index (χ0) is 21.4. The van der Waals surface area contributed by atoms with E-state index >= 15 is 0 Å². The largest absolute Gasteiger partial charge is 0.361 e. The topological polar surface area (TPSA) is 91.6 Å². The molecule has 2 aromatic heterocycles. The van der Waals surface area contributed by atoms with Gasteiger partial charge in [0, 0.05) is 42.7 Å². The summed E-state index contributed by atoms with van der Waals surface area (Å²) in [5.41, 5.74) is 3.51. The smallest absolute Gasteiger partial charge is 0.279 e. The SMILES string of the molecule is Cc1cc(C(=O)Nc2nc3c(s2)CN(CC(=O)N2CCCc4ccccc42)CC3)no1. The fraction of sp³-hybridized carbons (Fsp3) is 0.364. The highest BCUT2D eigenvalue weighted by atomic mass is 32.1. The van der Waals surface area contributed by atoms with Crippen molar-refractivity contribution in [3.63, 3.8) is 0 Å². The van der Waals surface area contributed by atoms with Crippen LogP contribution < -0.4 is 10.2 Å². The first-order valence-electron chi connectivity index (χ1n) is 10.4. The van der Waals surface area contributed by atoms with Crippen molar-refractivity contribution in [3.8, 4) is 0 Å². The molecule has 0 atom stereocenters.